The molecule has 0 atom stereocenters. The molecule has 1 amide bonds. The molecule has 3 aromatic heterocycles. The van der Waals surface area contributed by atoms with Crippen molar-refractivity contribution in [1.82, 2.24) is 34.8 Å². The molecule has 0 saturated carbocycles. The zero-order valence-electron chi connectivity index (χ0n) is 23.1. The number of amides is 1. The molecule has 0 fully saturated rings. The molecule has 42 heavy (non-hydrogen) atoms. The number of aromatic nitrogens is 6. The molecule has 1 N–H and O–H groups in total. The molecule has 0 aliphatic rings. The first-order valence-electron chi connectivity index (χ1n) is 13.2. The van der Waals surface area contributed by atoms with Crippen LogP contribution < -0.4 is 10.9 Å². The molecule has 210 valence electrons. The number of rotatable bonds is 7. The third-order valence-corrected chi connectivity index (χ3v) is 7.39. The van der Waals surface area contributed by atoms with Crippen LogP contribution in [0.1, 0.15) is 41.6 Å². The van der Waals surface area contributed by atoms with Crippen molar-refractivity contribution in [1.29, 1.82) is 0 Å². The average Bonchev–Trinajstić information content (AvgIpc) is 3.64. The summed E-state index contributed by atoms with van der Waals surface area (Å²) in [7, 11) is 0. The maximum Gasteiger partial charge on any atom is 0.265 e. The van der Waals surface area contributed by atoms with Crippen molar-refractivity contribution in [3.8, 4) is 17.0 Å². The number of hydrogen-bond acceptors (Lipinski definition) is 7. The van der Waals surface area contributed by atoms with E-state index in [4.69, 9.17) is 4.42 Å². The number of carbonyl (C=O) groups excluding carboxylic acids is 1. The topological polar surface area (TPSA) is 121 Å². The molecule has 0 bridgehead atoms. The Kier molecular flexibility index (Phi) is 7.03. The maximum atomic E-state index is 13.2. The highest BCUT2D eigenvalue weighted by Crippen LogP contribution is 2.24. The van der Waals surface area contributed by atoms with E-state index in [2.05, 4.69) is 41.5 Å². The van der Waals surface area contributed by atoms with Crippen molar-refractivity contribution in [2.24, 2.45) is 0 Å². The number of para-hydroxylation sites is 1. The van der Waals surface area contributed by atoms with E-state index in [1.54, 1.807) is 58.9 Å². The Morgan fingerprint density at radius 2 is 1.83 bits per heavy atom. The van der Waals surface area contributed by atoms with Crippen LogP contribution in [0.25, 0.3) is 27.9 Å². The van der Waals surface area contributed by atoms with Gasteiger partial charge >= 0.3 is 0 Å². The van der Waals surface area contributed by atoms with Crippen LogP contribution in [0.3, 0.4) is 0 Å². The fourth-order valence-electron chi connectivity index (χ4n) is 4.69. The van der Waals surface area contributed by atoms with Gasteiger partial charge in [0.1, 0.15) is 18.1 Å². The lowest BCUT2D eigenvalue weighted by Crippen LogP contribution is -2.41. The first kappa shape index (κ1) is 27.3. The van der Waals surface area contributed by atoms with Crippen LogP contribution in [-0.2, 0) is 12.1 Å². The van der Waals surface area contributed by atoms with Crippen LogP contribution in [0.4, 0.5) is 0 Å². The highest BCUT2D eigenvalue weighted by atomic mass is 79.9. The summed E-state index contributed by atoms with van der Waals surface area (Å²) < 4.78 is 10.0. The minimum atomic E-state index is -0.818. The molecule has 11 heteroatoms. The molecule has 0 aliphatic carbocycles. The van der Waals surface area contributed by atoms with Gasteiger partial charge in [-0.05, 0) is 69.3 Å². The second-order valence-corrected chi connectivity index (χ2v) is 11.3. The summed E-state index contributed by atoms with van der Waals surface area (Å²) in [5, 5.41) is 12.0. The third-order valence-electron chi connectivity index (χ3n) is 6.90. The number of oxazole rings is 1. The zero-order valence-corrected chi connectivity index (χ0v) is 24.7. The van der Waals surface area contributed by atoms with Gasteiger partial charge in [0.05, 0.1) is 34.5 Å². The monoisotopic (exact) mass is 623 g/mol. The number of nitrogens with one attached hydrogen (secondary N) is 1. The van der Waals surface area contributed by atoms with Gasteiger partial charge in [-0.2, -0.15) is 0 Å². The van der Waals surface area contributed by atoms with Gasteiger partial charge in [0, 0.05) is 15.6 Å². The molecule has 3 heterocycles. The first-order valence-corrected chi connectivity index (χ1v) is 14.0. The molecule has 6 rings (SSSR count). The van der Waals surface area contributed by atoms with Crippen LogP contribution in [-0.4, -0.2) is 35.4 Å². The lowest BCUT2D eigenvalue weighted by molar-refractivity contribution is 0.0910. The van der Waals surface area contributed by atoms with E-state index in [-0.39, 0.29) is 18.0 Å². The Hall–Kier alpha value is -4.90. The van der Waals surface area contributed by atoms with Crippen molar-refractivity contribution < 1.29 is 9.21 Å². The zero-order chi connectivity index (χ0) is 29.4. The number of halogens is 1. The molecule has 0 aliphatic heterocycles. The summed E-state index contributed by atoms with van der Waals surface area (Å²) in [6.45, 7) is 5.78. The lowest BCUT2D eigenvalue weighted by atomic mass is 10.0. The molecular weight excluding hydrogens is 598 g/mol. The van der Waals surface area contributed by atoms with E-state index in [1.165, 1.54) is 0 Å². The normalized spacial score (nSPS) is 11.6. The van der Waals surface area contributed by atoms with Crippen LogP contribution in [0, 0.1) is 6.92 Å². The Balaban J connectivity index is 1.15. The summed E-state index contributed by atoms with van der Waals surface area (Å²) in [4.78, 5) is 35.2. The van der Waals surface area contributed by atoms with Gasteiger partial charge in [0.15, 0.2) is 5.76 Å². The van der Waals surface area contributed by atoms with E-state index in [0.29, 0.717) is 45.3 Å². The second-order valence-electron chi connectivity index (χ2n) is 10.4. The van der Waals surface area contributed by atoms with Crippen molar-refractivity contribution in [3.63, 3.8) is 0 Å². The Bertz CT molecular complexity index is 1990. The predicted molar refractivity (Wildman–Crippen MR) is 161 cm³/mol. The van der Waals surface area contributed by atoms with Crippen LogP contribution in [0.5, 0.6) is 0 Å². The van der Waals surface area contributed by atoms with Crippen molar-refractivity contribution in [2.75, 3.05) is 0 Å². The molecule has 6 aromatic rings. The minimum absolute atomic E-state index is 0.159. The number of aryl methyl sites for hydroxylation is 1. The Morgan fingerprint density at radius 3 is 2.62 bits per heavy atom. The molecule has 0 unspecified atom stereocenters. The van der Waals surface area contributed by atoms with Gasteiger partial charge in [-0.1, -0.05) is 45.4 Å². The van der Waals surface area contributed by atoms with E-state index in [0.717, 1.165) is 10.0 Å². The number of hydrogen-bond donors (Lipinski definition) is 1. The molecule has 0 saturated heterocycles. The fourth-order valence-corrected chi connectivity index (χ4v) is 5.09. The summed E-state index contributed by atoms with van der Waals surface area (Å²) in [5.74, 6) is 1.42. The van der Waals surface area contributed by atoms with Gasteiger partial charge in [0.25, 0.3) is 11.5 Å². The third kappa shape index (κ3) is 5.38. The number of benzene rings is 3. The molecule has 0 radical (unpaired) electrons. The van der Waals surface area contributed by atoms with Gasteiger partial charge in [-0.15, -0.1) is 5.10 Å². The SMILES string of the molecule is Cc1nc2ccccc2c(=O)n1-c1ccc(C(=O)NC(C)(C)c2cn(Cc3ncc(-c4cccc(Br)c4)o3)nn2)cc1. The van der Waals surface area contributed by atoms with E-state index in [1.807, 2.05) is 56.3 Å². The summed E-state index contributed by atoms with van der Waals surface area (Å²) in [6.07, 6.45) is 3.44. The van der Waals surface area contributed by atoms with Crippen LogP contribution in [0.2, 0.25) is 0 Å². The first-order chi connectivity index (χ1) is 20.2. The van der Waals surface area contributed by atoms with Crippen molar-refractivity contribution in [3.05, 3.63) is 123 Å². The molecule has 3 aromatic carbocycles. The van der Waals surface area contributed by atoms with Crippen LogP contribution >= 0.6 is 15.9 Å². The summed E-state index contributed by atoms with van der Waals surface area (Å²) in [6, 6.07) is 21.9. The second kappa shape index (κ2) is 10.8. The van der Waals surface area contributed by atoms with Gasteiger partial charge < -0.3 is 9.73 Å². The Labute approximate surface area is 249 Å². The predicted octanol–water partition coefficient (Wildman–Crippen LogP) is 5.42. The summed E-state index contributed by atoms with van der Waals surface area (Å²) in [5.41, 5.74) is 2.24. The Morgan fingerprint density at radius 1 is 1.05 bits per heavy atom. The highest BCUT2D eigenvalue weighted by molar-refractivity contribution is 9.10. The molecular formula is C31H26BrN7O3. The fraction of sp³-hybridized carbons (Fsp3) is 0.161. The number of carbonyl (C=O) groups is 1. The van der Waals surface area contributed by atoms with Gasteiger partial charge in [-0.25, -0.2) is 14.6 Å². The van der Waals surface area contributed by atoms with Gasteiger partial charge in [0.2, 0.25) is 5.89 Å². The number of fused-ring (bicyclic) bond motifs is 1. The van der Waals surface area contributed by atoms with Crippen LogP contribution in [0.15, 0.2) is 98.9 Å². The largest absolute Gasteiger partial charge is 0.439 e. The van der Waals surface area contributed by atoms with Crippen molar-refractivity contribution >= 4 is 32.7 Å². The average molecular weight is 624 g/mol. The van der Waals surface area contributed by atoms with E-state index >= 15 is 0 Å². The standard InChI is InChI=1S/C31H26BrN7O3/c1-19-34-25-10-5-4-9-24(25)30(41)39(19)23-13-11-20(12-14-23)29(40)35-31(2,3)27-17-38(37-36-27)18-28-33-16-26(42-28)21-7-6-8-22(32)15-21/h4-17H,18H2,1-3H3,(H,35,40). The smallest absolute Gasteiger partial charge is 0.265 e. The molecule has 0 spiro atoms. The van der Waals surface area contributed by atoms with E-state index < -0.39 is 5.54 Å². The minimum Gasteiger partial charge on any atom is -0.439 e. The van der Waals surface area contributed by atoms with Crippen molar-refractivity contribution in [2.45, 2.75) is 32.9 Å². The maximum absolute atomic E-state index is 13.2. The lowest BCUT2D eigenvalue weighted by Gasteiger charge is -2.23. The molecule has 10 nitrogen and oxygen atoms in total. The summed E-state index contributed by atoms with van der Waals surface area (Å²) >= 11 is 3.47. The number of nitrogens with zero attached hydrogens (tertiary/aromatic N) is 6. The highest BCUT2D eigenvalue weighted by Gasteiger charge is 2.27. The van der Waals surface area contributed by atoms with E-state index in [9.17, 15) is 9.59 Å². The van der Waals surface area contributed by atoms with Gasteiger partial charge in [-0.3, -0.25) is 14.2 Å². The quantitative estimate of drug-likeness (QED) is 0.252.